The van der Waals surface area contributed by atoms with Gasteiger partial charge in [0.15, 0.2) is 0 Å². The Morgan fingerprint density at radius 1 is 1.19 bits per heavy atom. The molecule has 1 N–H and O–H groups in total. The van der Waals surface area contributed by atoms with Gasteiger partial charge in [0.25, 0.3) is 0 Å². The predicted molar refractivity (Wildman–Crippen MR) is 70.2 cm³/mol. The zero-order chi connectivity index (χ0) is 11.2. The van der Waals surface area contributed by atoms with Crippen LogP contribution in [0.25, 0.3) is 6.08 Å². The van der Waals surface area contributed by atoms with Gasteiger partial charge in [-0.3, -0.25) is 0 Å². The fraction of sp³-hybridized carbons (Fsp3) is 0.467. The van der Waals surface area contributed by atoms with Crippen molar-refractivity contribution in [2.24, 2.45) is 0 Å². The van der Waals surface area contributed by atoms with Crippen molar-refractivity contribution in [1.82, 2.24) is 5.32 Å². The molecular weight excluding hydrogens is 194 g/mol. The van der Waals surface area contributed by atoms with Crippen LogP contribution in [0.15, 0.2) is 30.8 Å². The Bertz CT molecular complexity index is 337. The number of nitrogens with one attached hydrogen (secondary N) is 1. The summed E-state index contributed by atoms with van der Waals surface area (Å²) >= 11 is 0. The highest BCUT2D eigenvalue weighted by molar-refractivity contribution is 5.51. The molecule has 2 rings (SSSR count). The maximum atomic E-state index is 3.86. The van der Waals surface area contributed by atoms with Crippen molar-refractivity contribution < 1.29 is 0 Å². The molecule has 1 aliphatic carbocycles. The molecule has 1 fully saturated rings. The molecule has 0 saturated heterocycles. The first-order valence-electron chi connectivity index (χ1n) is 6.34. The Hall–Kier alpha value is -1.08. The second kappa shape index (κ2) is 5.86. The third kappa shape index (κ3) is 2.96. The molecular formula is C15H21N. The minimum Gasteiger partial charge on any atom is -0.310 e. The first kappa shape index (κ1) is 11.4. The van der Waals surface area contributed by atoms with Gasteiger partial charge in [-0.2, -0.15) is 0 Å². The van der Waals surface area contributed by atoms with Crippen LogP contribution in [-0.4, -0.2) is 6.04 Å². The van der Waals surface area contributed by atoms with E-state index >= 15 is 0 Å². The summed E-state index contributed by atoms with van der Waals surface area (Å²) in [5, 5.41) is 3.66. The minimum absolute atomic E-state index is 0.728. The monoisotopic (exact) mass is 215 g/mol. The summed E-state index contributed by atoms with van der Waals surface area (Å²) in [6, 6.07) is 9.22. The Balaban J connectivity index is 1.90. The second-order valence-electron chi connectivity index (χ2n) is 4.62. The summed E-state index contributed by atoms with van der Waals surface area (Å²) in [5.41, 5.74) is 2.62. The third-order valence-electron chi connectivity index (χ3n) is 3.46. The maximum absolute atomic E-state index is 3.86. The van der Waals surface area contributed by atoms with Crippen molar-refractivity contribution in [2.45, 2.75) is 44.7 Å². The summed E-state index contributed by atoms with van der Waals surface area (Å²) in [5.74, 6) is 0. The molecule has 0 aromatic heterocycles. The molecule has 0 aliphatic heterocycles. The largest absolute Gasteiger partial charge is 0.310 e. The van der Waals surface area contributed by atoms with Crippen molar-refractivity contribution in [2.75, 3.05) is 0 Å². The summed E-state index contributed by atoms with van der Waals surface area (Å²) in [6.07, 6.45) is 8.83. The molecule has 1 aliphatic rings. The van der Waals surface area contributed by atoms with E-state index < -0.39 is 0 Å². The number of hydrogen-bond acceptors (Lipinski definition) is 1. The van der Waals surface area contributed by atoms with Crippen LogP contribution in [0.3, 0.4) is 0 Å². The quantitative estimate of drug-likeness (QED) is 0.806. The van der Waals surface area contributed by atoms with Gasteiger partial charge in [-0.25, -0.2) is 0 Å². The summed E-state index contributed by atoms with van der Waals surface area (Å²) in [7, 11) is 0. The van der Waals surface area contributed by atoms with Crippen molar-refractivity contribution in [3.05, 3.63) is 42.0 Å². The van der Waals surface area contributed by atoms with Gasteiger partial charge in [-0.1, -0.05) is 56.2 Å². The molecule has 0 unspecified atom stereocenters. The lowest BCUT2D eigenvalue weighted by Gasteiger charge is -2.23. The molecule has 16 heavy (non-hydrogen) atoms. The first-order chi connectivity index (χ1) is 7.90. The topological polar surface area (TPSA) is 12.0 Å². The van der Waals surface area contributed by atoms with E-state index in [9.17, 15) is 0 Å². The Morgan fingerprint density at radius 2 is 1.94 bits per heavy atom. The van der Waals surface area contributed by atoms with E-state index in [2.05, 4.69) is 36.2 Å². The predicted octanol–water partition coefficient (Wildman–Crippen LogP) is 3.75. The van der Waals surface area contributed by atoms with Crippen LogP contribution in [0.5, 0.6) is 0 Å². The smallest absolute Gasteiger partial charge is 0.0214 e. The van der Waals surface area contributed by atoms with Crippen LogP contribution in [0.4, 0.5) is 0 Å². The van der Waals surface area contributed by atoms with Crippen molar-refractivity contribution >= 4 is 6.08 Å². The zero-order valence-electron chi connectivity index (χ0n) is 9.91. The number of hydrogen-bond donors (Lipinski definition) is 1. The third-order valence-corrected chi connectivity index (χ3v) is 3.46. The molecule has 0 spiro atoms. The molecule has 0 amide bonds. The van der Waals surface area contributed by atoms with E-state index in [0.717, 1.165) is 12.6 Å². The van der Waals surface area contributed by atoms with Gasteiger partial charge in [0, 0.05) is 12.6 Å². The van der Waals surface area contributed by atoms with E-state index in [0.29, 0.717) is 0 Å². The van der Waals surface area contributed by atoms with E-state index in [4.69, 9.17) is 0 Å². The minimum atomic E-state index is 0.728. The van der Waals surface area contributed by atoms with Gasteiger partial charge >= 0.3 is 0 Å². The molecule has 1 heteroatoms. The molecule has 0 radical (unpaired) electrons. The summed E-state index contributed by atoms with van der Waals surface area (Å²) in [4.78, 5) is 0. The van der Waals surface area contributed by atoms with E-state index in [1.165, 1.54) is 43.2 Å². The van der Waals surface area contributed by atoms with Gasteiger partial charge < -0.3 is 5.32 Å². The lowest BCUT2D eigenvalue weighted by Crippen LogP contribution is -2.30. The molecule has 0 atom stereocenters. The van der Waals surface area contributed by atoms with Crippen molar-refractivity contribution in [3.63, 3.8) is 0 Å². The molecule has 0 heterocycles. The fourth-order valence-corrected chi connectivity index (χ4v) is 2.46. The van der Waals surface area contributed by atoms with Crippen LogP contribution < -0.4 is 5.32 Å². The zero-order valence-corrected chi connectivity index (χ0v) is 9.91. The second-order valence-corrected chi connectivity index (χ2v) is 4.62. The lowest BCUT2D eigenvalue weighted by molar-refractivity contribution is 0.372. The molecule has 0 bridgehead atoms. The lowest BCUT2D eigenvalue weighted by atomic mass is 9.95. The molecule has 1 aromatic rings. The average Bonchev–Trinajstić information content (AvgIpc) is 2.38. The van der Waals surface area contributed by atoms with Gasteiger partial charge in [0.1, 0.15) is 0 Å². The highest BCUT2D eigenvalue weighted by Gasteiger charge is 2.12. The summed E-state index contributed by atoms with van der Waals surface area (Å²) in [6.45, 7) is 4.84. The highest BCUT2D eigenvalue weighted by Crippen LogP contribution is 2.18. The van der Waals surface area contributed by atoms with E-state index in [1.54, 1.807) is 0 Å². The Labute approximate surface area is 98.6 Å². The van der Waals surface area contributed by atoms with E-state index in [-0.39, 0.29) is 0 Å². The van der Waals surface area contributed by atoms with Crippen LogP contribution >= 0.6 is 0 Å². The molecule has 1 aromatic carbocycles. The van der Waals surface area contributed by atoms with Gasteiger partial charge in [0.05, 0.1) is 0 Å². The SMILES string of the molecule is C=Cc1ccccc1CNC1CCCCC1. The van der Waals surface area contributed by atoms with Crippen molar-refractivity contribution in [3.8, 4) is 0 Å². The average molecular weight is 215 g/mol. The highest BCUT2D eigenvalue weighted by atomic mass is 14.9. The molecule has 86 valence electrons. The van der Waals surface area contributed by atoms with Gasteiger partial charge in [0.2, 0.25) is 0 Å². The van der Waals surface area contributed by atoms with Crippen LogP contribution in [0, 0.1) is 0 Å². The molecule has 1 saturated carbocycles. The van der Waals surface area contributed by atoms with Crippen LogP contribution in [-0.2, 0) is 6.54 Å². The first-order valence-corrected chi connectivity index (χ1v) is 6.34. The number of rotatable bonds is 4. The van der Waals surface area contributed by atoms with Gasteiger partial charge in [-0.15, -0.1) is 0 Å². The fourth-order valence-electron chi connectivity index (χ4n) is 2.46. The van der Waals surface area contributed by atoms with E-state index in [1.807, 2.05) is 6.08 Å². The maximum Gasteiger partial charge on any atom is 0.0214 e. The van der Waals surface area contributed by atoms with Crippen LogP contribution in [0.2, 0.25) is 0 Å². The number of benzene rings is 1. The Morgan fingerprint density at radius 3 is 2.69 bits per heavy atom. The normalized spacial score (nSPS) is 17.2. The van der Waals surface area contributed by atoms with Crippen molar-refractivity contribution in [1.29, 1.82) is 0 Å². The van der Waals surface area contributed by atoms with Crippen LogP contribution in [0.1, 0.15) is 43.2 Å². The standard InChI is InChI=1S/C15H21N/c1-2-13-8-6-7-9-14(13)12-16-15-10-4-3-5-11-15/h2,6-9,15-16H,1,3-5,10-12H2. The Kier molecular flexibility index (Phi) is 4.17. The summed E-state index contributed by atoms with van der Waals surface area (Å²) < 4.78 is 0. The molecule has 1 nitrogen and oxygen atoms in total. The van der Waals surface area contributed by atoms with Gasteiger partial charge in [-0.05, 0) is 24.0 Å².